The van der Waals surface area contributed by atoms with E-state index in [2.05, 4.69) is 18.7 Å². The minimum absolute atomic E-state index is 0.00417. The second-order valence-electron chi connectivity index (χ2n) is 8.71. The minimum Gasteiger partial charge on any atom is -0.497 e. The van der Waals surface area contributed by atoms with Crippen molar-refractivity contribution in [1.82, 2.24) is 9.80 Å². The average Bonchev–Trinajstić information content (AvgIpc) is 3.29. The van der Waals surface area contributed by atoms with Crippen LogP contribution in [-0.4, -0.2) is 72.1 Å². The molecule has 0 radical (unpaired) electrons. The number of amides is 2. The molecular weight excluding hydrogens is 441 g/mol. The summed E-state index contributed by atoms with van der Waals surface area (Å²) in [6.07, 6.45) is 0. The second kappa shape index (κ2) is 10.0. The van der Waals surface area contributed by atoms with E-state index in [-0.39, 0.29) is 28.9 Å². The maximum absolute atomic E-state index is 13.5. The van der Waals surface area contributed by atoms with Crippen molar-refractivity contribution in [2.24, 2.45) is 5.92 Å². The molecule has 0 aliphatic carbocycles. The van der Waals surface area contributed by atoms with E-state index in [4.69, 9.17) is 4.74 Å². The summed E-state index contributed by atoms with van der Waals surface area (Å²) >= 11 is 1.65. The second-order valence-corrected chi connectivity index (χ2v) is 9.86. The van der Waals surface area contributed by atoms with Crippen LogP contribution in [0.1, 0.15) is 24.2 Å². The number of benzene rings is 2. The third-order valence-corrected chi connectivity index (χ3v) is 7.87. The van der Waals surface area contributed by atoms with Gasteiger partial charge in [-0.2, -0.15) is 0 Å². The van der Waals surface area contributed by atoms with Gasteiger partial charge in [0.1, 0.15) is 17.6 Å². The number of rotatable bonds is 5. The number of thioether (sulfide) groups is 1. The number of piperazine rings is 1. The molecule has 176 valence electrons. The van der Waals surface area contributed by atoms with Crippen LogP contribution in [0.2, 0.25) is 0 Å². The van der Waals surface area contributed by atoms with Gasteiger partial charge in [-0.15, -0.1) is 11.8 Å². The zero-order chi connectivity index (χ0) is 23.5. The van der Waals surface area contributed by atoms with Crippen molar-refractivity contribution < 1.29 is 18.7 Å². The summed E-state index contributed by atoms with van der Waals surface area (Å²) < 4.78 is 18.6. The lowest BCUT2D eigenvalue weighted by atomic mass is 10.1. The predicted molar refractivity (Wildman–Crippen MR) is 129 cm³/mol. The fourth-order valence-electron chi connectivity index (χ4n) is 4.42. The molecular formula is C25H30FN3O3S. The Morgan fingerprint density at radius 2 is 1.64 bits per heavy atom. The predicted octanol–water partition coefficient (Wildman–Crippen LogP) is 3.72. The number of anilines is 1. The summed E-state index contributed by atoms with van der Waals surface area (Å²) in [7, 11) is 1.65. The molecule has 6 nitrogen and oxygen atoms in total. The van der Waals surface area contributed by atoms with Crippen molar-refractivity contribution in [3.63, 3.8) is 0 Å². The van der Waals surface area contributed by atoms with E-state index in [1.54, 1.807) is 23.8 Å². The standard InChI is InChI=1S/C25H30FN3O3S/c1-17(2)25-29(23(30)18-4-6-19(26)7-5-18)22(16-33-25)24(31)28-14-12-27(13-15-28)20-8-10-21(32-3)11-9-20/h4-11,17,22,25H,12-16H2,1-3H3. The smallest absolute Gasteiger partial charge is 0.255 e. The van der Waals surface area contributed by atoms with Crippen LogP contribution in [0.15, 0.2) is 48.5 Å². The first-order valence-corrected chi connectivity index (χ1v) is 12.3. The monoisotopic (exact) mass is 471 g/mol. The van der Waals surface area contributed by atoms with E-state index in [0.29, 0.717) is 24.4 Å². The summed E-state index contributed by atoms with van der Waals surface area (Å²) in [5.41, 5.74) is 1.51. The fraction of sp³-hybridized carbons (Fsp3) is 0.440. The molecule has 33 heavy (non-hydrogen) atoms. The van der Waals surface area contributed by atoms with Crippen LogP contribution < -0.4 is 9.64 Å². The first kappa shape index (κ1) is 23.4. The maximum Gasteiger partial charge on any atom is 0.255 e. The highest BCUT2D eigenvalue weighted by atomic mass is 32.2. The summed E-state index contributed by atoms with van der Waals surface area (Å²) in [4.78, 5) is 32.7. The number of halogens is 1. The molecule has 2 aliphatic heterocycles. The quantitative estimate of drug-likeness (QED) is 0.665. The first-order chi connectivity index (χ1) is 15.9. The van der Waals surface area contributed by atoms with Crippen molar-refractivity contribution in [2.45, 2.75) is 25.3 Å². The Morgan fingerprint density at radius 3 is 2.21 bits per heavy atom. The van der Waals surface area contributed by atoms with Crippen molar-refractivity contribution in [1.29, 1.82) is 0 Å². The van der Waals surface area contributed by atoms with Gasteiger partial charge in [0.15, 0.2) is 0 Å². The number of carbonyl (C=O) groups excluding carboxylic acids is 2. The summed E-state index contributed by atoms with van der Waals surface area (Å²) in [6.45, 7) is 6.80. The number of hydrogen-bond acceptors (Lipinski definition) is 5. The van der Waals surface area contributed by atoms with Gasteiger partial charge in [0, 0.05) is 43.2 Å². The van der Waals surface area contributed by atoms with E-state index >= 15 is 0 Å². The van der Waals surface area contributed by atoms with Gasteiger partial charge in [-0.25, -0.2) is 4.39 Å². The fourth-order valence-corrected chi connectivity index (χ4v) is 5.89. The Morgan fingerprint density at radius 1 is 1.00 bits per heavy atom. The number of ether oxygens (including phenoxy) is 1. The zero-order valence-corrected chi connectivity index (χ0v) is 20.1. The van der Waals surface area contributed by atoms with Crippen molar-refractivity contribution in [2.75, 3.05) is 43.9 Å². The van der Waals surface area contributed by atoms with E-state index in [1.807, 2.05) is 29.2 Å². The molecule has 2 aliphatic rings. The molecule has 2 amide bonds. The Hall–Kier alpha value is -2.74. The summed E-state index contributed by atoms with van der Waals surface area (Å²) in [6, 6.07) is 13.0. The molecule has 2 aromatic carbocycles. The number of carbonyl (C=O) groups is 2. The third-order valence-electron chi connectivity index (χ3n) is 6.24. The van der Waals surface area contributed by atoms with E-state index in [9.17, 15) is 14.0 Å². The lowest BCUT2D eigenvalue weighted by Gasteiger charge is -2.39. The Bertz CT molecular complexity index is 975. The molecule has 2 fully saturated rings. The van der Waals surface area contributed by atoms with Crippen LogP contribution in [0.5, 0.6) is 5.75 Å². The largest absolute Gasteiger partial charge is 0.497 e. The molecule has 8 heteroatoms. The van der Waals surface area contributed by atoms with Crippen LogP contribution in [0.3, 0.4) is 0 Å². The highest BCUT2D eigenvalue weighted by Gasteiger charge is 2.44. The topological polar surface area (TPSA) is 53.1 Å². The first-order valence-electron chi connectivity index (χ1n) is 11.3. The van der Waals surface area contributed by atoms with Crippen LogP contribution >= 0.6 is 11.8 Å². The molecule has 0 saturated carbocycles. The van der Waals surface area contributed by atoms with E-state index < -0.39 is 6.04 Å². The van der Waals surface area contributed by atoms with Gasteiger partial charge in [-0.1, -0.05) is 13.8 Å². The van der Waals surface area contributed by atoms with Gasteiger partial charge < -0.3 is 19.4 Å². The molecule has 0 N–H and O–H groups in total. The van der Waals surface area contributed by atoms with Gasteiger partial charge >= 0.3 is 0 Å². The normalized spacial score (nSPS) is 20.9. The molecule has 2 unspecified atom stereocenters. The summed E-state index contributed by atoms with van der Waals surface area (Å²) in [5, 5.41) is -0.0860. The van der Waals surface area contributed by atoms with Gasteiger partial charge in [-0.05, 0) is 54.4 Å². The van der Waals surface area contributed by atoms with Crippen molar-refractivity contribution >= 4 is 29.3 Å². The SMILES string of the molecule is COc1ccc(N2CCN(C(=O)C3CSC(C(C)C)N3C(=O)c3ccc(F)cc3)CC2)cc1. The number of hydrogen-bond donors (Lipinski definition) is 0. The molecule has 0 bridgehead atoms. The molecule has 2 saturated heterocycles. The minimum atomic E-state index is -0.507. The van der Waals surface area contributed by atoms with Crippen LogP contribution in [-0.2, 0) is 4.79 Å². The van der Waals surface area contributed by atoms with Gasteiger partial charge in [-0.3, -0.25) is 9.59 Å². The van der Waals surface area contributed by atoms with Crippen LogP contribution in [0.25, 0.3) is 0 Å². The molecule has 2 aromatic rings. The lowest BCUT2D eigenvalue weighted by molar-refractivity contribution is -0.135. The molecule has 2 heterocycles. The lowest BCUT2D eigenvalue weighted by Crippen LogP contribution is -2.56. The van der Waals surface area contributed by atoms with Crippen molar-refractivity contribution in [3.8, 4) is 5.75 Å². The maximum atomic E-state index is 13.5. The number of nitrogens with zero attached hydrogens (tertiary/aromatic N) is 3. The number of methoxy groups -OCH3 is 1. The third kappa shape index (κ3) is 4.95. The summed E-state index contributed by atoms with van der Waals surface area (Å²) in [5.74, 6) is 0.989. The average molecular weight is 472 g/mol. The Labute approximate surface area is 198 Å². The van der Waals surface area contributed by atoms with Crippen molar-refractivity contribution in [3.05, 3.63) is 59.9 Å². The van der Waals surface area contributed by atoms with E-state index in [1.165, 1.54) is 24.3 Å². The van der Waals surface area contributed by atoms with Gasteiger partial charge in [0.25, 0.3) is 5.91 Å². The highest BCUT2D eigenvalue weighted by Crippen LogP contribution is 2.36. The van der Waals surface area contributed by atoms with Crippen LogP contribution in [0, 0.1) is 11.7 Å². The van der Waals surface area contributed by atoms with Gasteiger partial charge in [0.05, 0.1) is 12.5 Å². The Kier molecular flexibility index (Phi) is 7.12. The Balaban J connectivity index is 1.45. The molecule has 4 rings (SSSR count). The molecule has 0 aromatic heterocycles. The van der Waals surface area contributed by atoms with Gasteiger partial charge in [0.2, 0.25) is 5.91 Å². The van der Waals surface area contributed by atoms with E-state index in [0.717, 1.165) is 24.5 Å². The zero-order valence-electron chi connectivity index (χ0n) is 19.2. The molecule has 2 atom stereocenters. The molecule has 0 spiro atoms. The highest BCUT2D eigenvalue weighted by molar-refractivity contribution is 8.00. The van der Waals surface area contributed by atoms with Crippen LogP contribution in [0.4, 0.5) is 10.1 Å².